The summed E-state index contributed by atoms with van der Waals surface area (Å²) >= 11 is 0. The Hall–Kier alpha value is -2.44. The molecule has 1 rings (SSSR count). The smallest absolute Gasteiger partial charge is 0.340 e. The molecule has 19 heavy (non-hydrogen) atoms. The van der Waals surface area contributed by atoms with Crippen LogP contribution >= 0.6 is 0 Å². The number of nitrogens with one attached hydrogen (secondary N) is 2. The molecule has 6 nitrogen and oxygen atoms in total. The largest absolute Gasteiger partial charge is 0.478 e. The molecule has 0 saturated carbocycles. The molecule has 0 unspecified atom stereocenters. The Bertz CT molecular complexity index is 516. The first-order valence-corrected chi connectivity index (χ1v) is 5.48. The second-order valence-corrected chi connectivity index (χ2v) is 3.75. The molecule has 0 aliphatic rings. The zero-order chi connectivity index (χ0) is 14.4. The third kappa shape index (κ3) is 4.38. The van der Waals surface area contributed by atoms with E-state index in [1.165, 1.54) is 19.1 Å². The van der Waals surface area contributed by atoms with Crippen LogP contribution in [0.2, 0.25) is 0 Å². The van der Waals surface area contributed by atoms with E-state index >= 15 is 0 Å². The highest BCUT2D eigenvalue weighted by Crippen LogP contribution is 2.19. The van der Waals surface area contributed by atoms with E-state index in [0.29, 0.717) is 0 Å². The molecule has 0 atom stereocenters. The second kappa shape index (κ2) is 6.48. The van der Waals surface area contributed by atoms with Crippen LogP contribution in [0.1, 0.15) is 23.7 Å². The van der Waals surface area contributed by atoms with Crippen LogP contribution in [-0.4, -0.2) is 29.4 Å². The first-order chi connectivity index (χ1) is 8.91. The van der Waals surface area contributed by atoms with Gasteiger partial charge in [-0.3, -0.25) is 9.59 Å². The topological polar surface area (TPSA) is 95.5 Å². The van der Waals surface area contributed by atoms with Crippen molar-refractivity contribution in [3.63, 3.8) is 0 Å². The van der Waals surface area contributed by atoms with Crippen LogP contribution in [-0.2, 0) is 9.59 Å². The molecular weight excluding hydrogens is 255 g/mol. The van der Waals surface area contributed by atoms with E-state index in [0.717, 1.165) is 6.07 Å². The molecule has 0 fully saturated rings. The SMILES string of the molecule is CC(=O)NCCC(=O)Nc1cccc(F)c1C(=O)O. The maximum absolute atomic E-state index is 13.3. The predicted octanol–water partition coefficient (Wildman–Crippen LogP) is 0.989. The molecule has 0 radical (unpaired) electrons. The van der Waals surface area contributed by atoms with Gasteiger partial charge in [-0.25, -0.2) is 9.18 Å². The number of hydrogen-bond donors (Lipinski definition) is 3. The van der Waals surface area contributed by atoms with Gasteiger partial charge >= 0.3 is 5.97 Å². The molecular formula is C12H13FN2O4. The van der Waals surface area contributed by atoms with Crippen molar-refractivity contribution in [2.24, 2.45) is 0 Å². The maximum Gasteiger partial charge on any atom is 0.340 e. The van der Waals surface area contributed by atoms with E-state index in [2.05, 4.69) is 10.6 Å². The number of halogens is 1. The number of aromatic carboxylic acids is 1. The van der Waals surface area contributed by atoms with Gasteiger partial charge in [0.15, 0.2) is 0 Å². The summed E-state index contributed by atoms with van der Waals surface area (Å²) in [5.74, 6) is -3.17. The number of carboxylic acids is 1. The van der Waals surface area contributed by atoms with Gasteiger partial charge < -0.3 is 15.7 Å². The van der Waals surface area contributed by atoms with Gasteiger partial charge in [0.2, 0.25) is 11.8 Å². The molecule has 3 N–H and O–H groups in total. The van der Waals surface area contributed by atoms with Gasteiger partial charge in [0.05, 0.1) is 5.69 Å². The van der Waals surface area contributed by atoms with Gasteiger partial charge in [-0.1, -0.05) is 6.07 Å². The number of benzene rings is 1. The Morgan fingerprint density at radius 3 is 2.58 bits per heavy atom. The van der Waals surface area contributed by atoms with Crippen molar-refractivity contribution in [2.75, 3.05) is 11.9 Å². The van der Waals surface area contributed by atoms with Crippen molar-refractivity contribution >= 4 is 23.5 Å². The summed E-state index contributed by atoms with van der Waals surface area (Å²) in [4.78, 5) is 33.0. The summed E-state index contributed by atoms with van der Waals surface area (Å²) in [6.07, 6.45) is -0.0326. The Labute approximate surface area is 108 Å². The van der Waals surface area contributed by atoms with E-state index in [-0.39, 0.29) is 24.6 Å². The number of amides is 2. The van der Waals surface area contributed by atoms with Crippen LogP contribution < -0.4 is 10.6 Å². The van der Waals surface area contributed by atoms with Crippen molar-refractivity contribution < 1.29 is 23.9 Å². The molecule has 0 spiro atoms. The standard InChI is InChI=1S/C12H13FN2O4/c1-7(16)14-6-5-10(17)15-9-4-2-3-8(13)11(9)12(18)19/h2-4H,5-6H2,1H3,(H,14,16)(H,15,17)(H,18,19). The number of carbonyl (C=O) groups is 3. The van der Waals surface area contributed by atoms with Gasteiger partial charge in [0.1, 0.15) is 11.4 Å². The summed E-state index contributed by atoms with van der Waals surface area (Å²) in [7, 11) is 0. The Kier molecular flexibility index (Phi) is 4.99. The van der Waals surface area contributed by atoms with Gasteiger partial charge in [-0.15, -0.1) is 0 Å². The number of rotatable bonds is 5. The van der Waals surface area contributed by atoms with Crippen LogP contribution in [0, 0.1) is 5.82 Å². The minimum Gasteiger partial charge on any atom is -0.478 e. The van der Waals surface area contributed by atoms with Crippen molar-refractivity contribution in [1.82, 2.24) is 5.32 Å². The Morgan fingerprint density at radius 1 is 1.32 bits per heavy atom. The van der Waals surface area contributed by atoms with E-state index in [9.17, 15) is 18.8 Å². The summed E-state index contributed by atoms with van der Waals surface area (Å²) in [5, 5.41) is 13.6. The third-order valence-electron chi connectivity index (χ3n) is 2.23. The maximum atomic E-state index is 13.3. The van der Waals surface area contributed by atoms with Crippen molar-refractivity contribution in [3.8, 4) is 0 Å². The number of anilines is 1. The minimum atomic E-state index is -1.46. The van der Waals surface area contributed by atoms with E-state index in [4.69, 9.17) is 5.11 Å². The van der Waals surface area contributed by atoms with Crippen LogP contribution in [0.15, 0.2) is 18.2 Å². The lowest BCUT2D eigenvalue weighted by atomic mass is 10.1. The van der Waals surface area contributed by atoms with Crippen molar-refractivity contribution in [1.29, 1.82) is 0 Å². The lowest BCUT2D eigenvalue weighted by Crippen LogP contribution is -2.25. The lowest BCUT2D eigenvalue weighted by molar-refractivity contribution is -0.119. The van der Waals surface area contributed by atoms with E-state index < -0.39 is 23.3 Å². The molecule has 0 aliphatic carbocycles. The van der Waals surface area contributed by atoms with Crippen molar-refractivity contribution in [2.45, 2.75) is 13.3 Å². The monoisotopic (exact) mass is 268 g/mol. The highest BCUT2D eigenvalue weighted by Gasteiger charge is 2.17. The van der Waals surface area contributed by atoms with E-state index in [1.54, 1.807) is 0 Å². The normalized spacial score (nSPS) is 9.79. The van der Waals surface area contributed by atoms with Gasteiger partial charge in [-0.2, -0.15) is 0 Å². The Balaban J connectivity index is 2.72. The van der Waals surface area contributed by atoms with Gasteiger partial charge in [-0.05, 0) is 12.1 Å². The molecule has 0 heterocycles. The fourth-order valence-electron chi connectivity index (χ4n) is 1.41. The average Bonchev–Trinajstić information content (AvgIpc) is 2.27. The average molecular weight is 268 g/mol. The molecule has 2 amide bonds. The Morgan fingerprint density at radius 2 is 2.00 bits per heavy atom. The summed E-state index contributed by atoms with van der Waals surface area (Å²) in [6.45, 7) is 1.44. The molecule has 0 aliphatic heterocycles. The molecule has 7 heteroatoms. The molecule has 1 aromatic carbocycles. The predicted molar refractivity (Wildman–Crippen MR) is 65.3 cm³/mol. The highest BCUT2D eigenvalue weighted by molar-refractivity contribution is 6.00. The van der Waals surface area contributed by atoms with Crippen LogP contribution in [0.5, 0.6) is 0 Å². The number of carboxylic acid groups (broad SMARTS) is 1. The molecule has 0 aromatic heterocycles. The zero-order valence-electron chi connectivity index (χ0n) is 10.2. The van der Waals surface area contributed by atoms with Crippen molar-refractivity contribution in [3.05, 3.63) is 29.6 Å². The van der Waals surface area contributed by atoms with E-state index in [1.807, 2.05) is 0 Å². The summed E-state index contributed by atoms with van der Waals surface area (Å²) in [6, 6.07) is 3.59. The summed E-state index contributed by atoms with van der Waals surface area (Å²) in [5.41, 5.74) is -0.698. The second-order valence-electron chi connectivity index (χ2n) is 3.75. The lowest BCUT2D eigenvalue weighted by Gasteiger charge is -2.09. The van der Waals surface area contributed by atoms with Crippen LogP contribution in [0.3, 0.4) is 0 Å². The van der Waals surface area contributed by atoms with Gasteiger partial charge in [0.25, 0.3) is 0 Å². The molecule has 1 aromatic rings. The minimum absolute atomic E-state index is 0.0326. The fraction of sp³-hybridized carbons (Fsp3) is 0.250. The zero-order valence-corrected chi connectivity index (χ0v) is 10.2. The fourth-order valence-corrected chi connectivity index (χ4v) is 1.41. The molecule has 0 saturated heterocycles. The van der Waals surface area contributed by atoms with Gasteiger partial charge in [0, 0.05) is 19.9 Å². The highest BCUT2D eigenvalue weighted by atomic mass is 19.1. The first kappa shape index (κ1) is 14.6. The van der Waals surface area contributed by atoms with Crippen LogP contribution in [0.25, 0.3) is 0 Å². The molecule has 102 valence electrons. The quantitative estimate of drug-likeness (QED) is 0.742. The molecule has 0 bridgehead atoms. The van der Waals surface area contributed by atoms with Crippen LogP contribution in [0.4, 0.5) is 10.1 Å². The third-order valence-corrected chi connectivity index (χ3v) is 2.23. The number of carbonyl (C=O) groups excluding carboxylic acids is 2. The summed E-state index contributed by atoms with van der Waals surface area (Å²) < 4.78 is 13.3. The number of hydrogen-bond acceptors (Lipinski definition) is 3. The first-order valence-electron chi connectivity index (χ1n) is 5.48.